The Kier molecular flexibility index (Phi) is 5.14. The molecule has 0 saturated carbocycles. The number of halogens is 2. The number of esters is 1. The van der Waals surface area contributed by atoms with Gasteiger partial charge < -0.3 is 10.1 Å². The van der Waals surface area contributed by atoms with Crippen LogP contribution in [-0.4, -0.2) is 12.6 Å². The van der Waals surface area contributed by atoms with Crippen molar-refractivity contribution < 1.29 is 13.9 Å². The molecular weight excluding hydrogens is 345 g/mol. The third-order valence-corrected chi connectivity index (χ3v) is 4.50. The van der Waals surface area contributed by atoms with Gasteiger partial charge in [-0.05, 0) is 52.5 Å². The number of hydrogen-bond acceptors (Lipinski definition) is 4. The zero-order valence-electron chi connectivity index (χ0n) is 10.7. The molecule has 0 aliphatic heterocycles. The maximum atomic E-state index is 13.2. The number of carbonyl (C=O) groups excluding carboxylic acids is 1. The number of rotatable bonds is 5. The highest BCUT2D eigenvalue weighted by Crippen LogP contribution is 2.32. The summed E-state index contributed by atoms with van der Waals surface area (Å²) in [5.41, 5.74) is 0.531. The topological polar surface area (TPSA) is 38.3 Å². The predicted octanol–water partition coefficient (Wildman–Crippen LogP) is 4.37. The quantitative estimate of drug-likeness (QED) is 0.807. The minimum absolute atomic E-state index is 0.295. The van der Waals surface area contributed by atoms with Crippen LogP contribution in [-0.2, 0) is 9.53 Å². The molecule has 20 heavy (non-hydrogen) atoms. The normalized spacial score (nSPS) is 11.9. The Morgan fingerprint density at radius 3 is 2.90 bits per heavy atom. The predicted molar refractivity (Wildman–Crippen MR) is 81.4 cm³/mol. The Hall–Kier alpha value is -1.40. The van der Waals surface area contributed by atoms with Crippen LogP contribution in [0.1, 0.15) is 17.8 Å². The smallest absolute Gasteiger partial charge is 0.334 e. The van der Waals surface area contributed by atoms with Crippen LogP contribution in [0.15, 0.2) is 40.2 Å². The van der Waals surface area contributed by atoms with E-state index in [1.54, 1.807) is 19.1 Å². The minimum atomic E-state index is -0.661. The van der Waals surface area contributed by atoms with Crippen molar-refractivity contribution in [3.8, 4) is 0 Å². The van der Waals surface area contributed by atoms with Crippen molar-refractivity contribution in [3.05, 3.63) is 50.9 Å². The van der Waals surface area contributed by atoms with Gasteiger partial charge in [-0.25, -0.2) is 9.18 Å². The van der Waals surface area contributed by atoms with Gasteiger partial charge in [-0.1, -0.05) is 6.07 Å². The first-order chi connectivity index (χ1) is 9.61. The Morgan fingerprint density at radius 1 is 1.50 bits per heavy atom. The van der Waals surface area contributed by atoms with Gasteiger partial charge in [0.2, 0.25) is 0 Å². The first-order valence-corrected chi connectivity index (χ1v) is 7.70. The molecule has 0 aliphatic rings. The molecule has 1 N–H and O–H groups in total. The molecule has 3 nitrogen and oxygen atoms in total. The highest BCUT2D eigenvalue weighted by molar-refractivity contribution is 9.10. The van der Waals surface area contributed by atoms with Gasteiger partial charge in [0.15, 0.2) is 6.04 Å². The average Bonchev–Trinajstić information content (AvgIpc) is 2.82. The van der Waals surface area contributed by atoms with Crippen LogP contribution in [0.5, 0.6) is 0 Å². The van der Waals surface area contributed by atoms with Crippen LogP contribution >= 0.6 is 27.3 Å². The van der Waals surface area contributed by atoms with Crippen molar-refractivity contribution in [2.24, 2.45) is 0 Å². The molecule has 1 heterocycles. The van der Waals surface area contributed by atoms with Gasteiger partial charge in [0.1, 0.15) is 5.82 Å². The molecule has 0 bridgehead atoms. The number of hydrogen-bond donors (Lipinski definition) is 1. The van der Waals surface area contributed by atoms with Crippen molar-refractivity contribution >= 4 is 38.9 Å². The van der Waals surface area contributed by atoms with Gasteiger partial charge in [-0.2, -0.15) is 0 Å². The fraction of sp³-hybridized carbons (Fsp3) is 0.214. The van der Waals surface area contributed by atoms with E-state index in [1.165, 1.54) is 23.5 Å². The van der Waals surface area contributed by atoms with Gasteiger partial charge in [0.25, 0.3) is 0 Å². The van der Waals surface area contributed by atoms with Crippen molar-refractivity contribution in [2.75, 3.05) is 11.9 Å². The summed E-state index contributed by atoms with van der Waals surface area (Å²) in [5.74, 6) is -0.747. The zero-order chi connectivity index (χ0) is 14.5. The number of anilines is 1. The molecule has 0 radical (unpaired) electrons. The summed E-state index contributed by atoms with van der Waals surface area (Å²) in [7, 11) is 0. The fourth-order valence-electron chi connectivity index (χ4n) is 1.71. The Bertz CT molecular complexity index is 602. The van der Waals surface area contributed by atoms with Crippen molar-refractivity contribution in [2.45, 2.75) is 13.0 Å². The number of ether oxygens (including phenoxy) is 1. The summed E-state index contributed by atoms with van der Waals surface area (Å²) in [6.07, 6.45) is 0. The lowest BCUT2D eigenvalue weighted by Gasteiger charge is -2.18. The monoisotopic (exact) mass is 357 g/mol. The van der Waals surface area contributed by atoms with Crippen LogP contribution in [0.4, 0.5) is 10.1 Å². The summed E-state index contributed by atoms with van der Waals surface area (Å²) in [6.45, 7) is 2.05. The SMILES string of the molecule is CCOC(=O)C(Nc1cccc(F)c1)c1sccc1Br. The van der Waals surface area contributed by atoms with Crippen LogP contribution < -0.4 is 5.32 Å². The largest absolute Gasteiger partial charge is 0.464 e. The Balaban J connectivity index is 2.28. The fourth-order valence-corrected chi connectivity index (χ4v) is 3.35. The van der Waals surface area contributed by atoms with Crippen LogP contribution in [0.2, 0.25) is 0 Å². The molecule has 0 spiro atoms. The molecule has 1 aromatic heterocycles. The summed E-state index contributed by atoms with van der Waals surface area (Å²) in [5, 5.41) is 4.89. The maximum Gasteiger partial charge on any atom is 0.334 e. The third-order valence-electron chi connectivity index (χ3n) is 2.56. The zero-order valence-corrected chi connectivity index (χ0v) is 13.1. The highest BCUT2D eigenvalue weighted by atomic mass is 79.9. The molecule has 0 aliphatic carbocycles. The molecule has 6 heteroatoms. The number of nitrogens with one attached hydrogen (secondary N) is 1. The molecule has 0 fully saturated rings. The van der Waals surface area contributed by atoms with E-state index in [-0.39, 0.29) is 11.8 Å². The molecule has 0 amide bonds. The van der Waals surface area contributed by atoms with Gasteiger partial charge in [0, 0.05) is 10.2 Å². The molecule has 1 aromatic carbocycles. The lowest BCUT2D eigenvalue weighted by Crippen LogP contribution is -2.23. The molecule has 2 rings (SSSR count). The van der Waals surface area contributed by atoms with Crippen molar-refractivity contribution in [3.63, 3.8) is 0 Å². The summed E-state index contributed by atoms with van der Waals surface area (Å²) >= 11 is 4.83. The summed E-state index contributed by atoms with van der Waals surface area (Å²) in [4.78, 5) is 12.9. The summed E-state index contributed by atoms with van der Waals surface area (Å²) < 4.78 is 19.1. The molecule has 1 atom stereocenters. The average molecular weight is 358 g/mol. The van der Waals surface area contributed by atoms with E-state index in [9.17, 15) is 9.18 Å². The second kappa shape index (κ2) is 6.85. The number of benzene rings is 1. The lowest BCUT2D eigenvalue weighted by molar-refractivity contribution is -0.144. The molecular formula is C14H13BrFNO2S. The number of thiophene rings is 1. The highest BCUT2D eigenvalue weighted by Gasteiger charge is 2.25. The maximum absolute atomic E-state index is 13.2. The molecule has 106 valence electrons. The molecule has 0 saturated heterocycles. The van der Waals surface area contributed by atoms with Crippen molar-refractivity contribution in [1.82, 2.24) is 0 Å². The van der Waals surface area contributed by atoms with Crippen LogP contribution in [0.3, 0.4) is 0 Å². The van der Waals surface area contributed by atoms with E-state index in [1.807, 2.05) is 11.4 Å². The molecule has 1 unspecified atom stereocenters. The van der Waals surface area contributed by atoms with E-state index in [0.29, 0.717) is 12.3 Å². The first kappa shape index (κ1) is 15.0. The second-order valence-electron chi connectivity index (χ2n) is 3.97. The van der Waals surface area contributed by atoms with Crippen molar-refractivity contribution in [1.29, 1.82) is 0 Å². The van der Waals surface area contributed by atoms with Gasteiger partial charge in [0.05, 0.1) is 11.5 Å². The Morgan fingerprint density at radius 2 is 2.30 bits per heavy atom. The molecule has 2 aromatic rings. The van der Waals surface area contributed by atoms with Gasteiger partial charge >= 0.3 is 5.97 Å². The van der Waals surface area contributed by atoms with E-state index >= 15 is 0 Å². The second-order valence-corrected chi connectivity index (χ2v) is 5.77. The van der Waals surface area contributed by atoms with Crippen LogP contribution in [0.25, 0.3) is 0 Å². The van der Waals surface area contributed by atoms with Gasteiger partial charge in [-0.3, -0.25) is 0 Å². The van der Waals surface area contributed by atoms with Gasteiger partial charge in [-0.15, -0.1) is 11.3 Å². The lowest BCUT2D eigenvalue weighted by atomic mass is 10.2. The van der Waals surface area contributed by atoms with E-state index in [4.69, 9.17) is 4.74 Å². The first-order valence-electron chi connectivity index (χ1n) is 6.03. The standard InChI is InChI=1S/C14H13BrFNO2S/c1-2-19-14(18)12(13-11(15)6-7-20-13)17-10-5-3-4-9(16)8-10/h3-8,12,17H,2H2,1H3. The van der Waals surface area contributed by atoms with Crippen LogP contribution in [0, 0.1) is 5.82 Å². The number of carbonyl (C=O) groups is 1. The Labute approximate surface area is 128 Å². The minimum Gasteiger partial charge on any atom is -0.464 e. The third kappa shape index (κ3) is 3.58. The van der Waals surface area contributed by atoms with E-state index in [2.05, 4.69) is 21.2 Å². The van der Waals surface area contributed by atoms with E-state index in [0.717, 1.165) is 9.35 Å². The summed E-state index contributed by atoms with van der Waals surface area (Å²) in [6, 6.07) is 7.19. The van der Waals surface area contributed by atoms with E-state index < -0.39 is 6.04 Å².